The smallest absolute Gasteiger partial charge is 0.410 e. The fourth-order valence-corrected chi connectivity index (χ4v) is 7.71. The minimum absolute atomic E-state index is 0.0432. The fourth-order valence-electron chi connectivity index (χ4n) is 7.71. The number of ether oxygens (including phenoxy) is 2. The fraction of sp³-hybridized carbons (Fsp3) is 0.474. The molecule has 2 aromatic carbocycles. The van der Waals surface area contributed by atoms with Gasteiger partial charge in [0.05, 0.1) is 22.2 Å². The number of anilines is 1. The van der Waals surface area contributed by atoms with Crippen LogP contribution in [-0.4, -0.2) is 87.9 Å². The zero-order valence-corrected chi connectivity index (χ0v) is 28.8. The molecule has 2 aromatic heterocycles. The monoisotopic (exact) mass is 668 g/mol. The van der Waals surface area contributed by atoms with Crippen molar-refractivity contribution in [3.8, 4) is 29.6 Å². The van der Waals surface area contributed by atoms with Gasteiger partial charge in [0.2, 0.25) is 0 Å². The normalized spacial score (nSPS) is 21.1. The molecule has 0 aliphatic carbocycles. The largest absolute Gasteiger partial charge is 0.461 e. The molecular weight excluding hydrogens is 626 g/mol. The molecule has 0 spiro atoms. The number of piperazine rings is 1. The van der Waals surface area contributed by atoms with Crippen LogP contribution in [0.3, 0.4) is 0 Å². The highest BCUT2D eigenvalue weighted by Crippen LogP contribution is 2.41. The summed E-state index contributed by atoms with van der Waals surface area (Å²) in [6.45, 7) is 10.3. The predicted molar refractivity (Wildman–Crippen MR) is 186 cm³/mol. The van der Waals surface area contributed by atoms with Gasteiger partial charge in [-0.25, -0.2) is 18.6 Å². The van der Waals surface area contributed by atoms with Crippen LogP contribution in [0.25, 0.3) is 32.9 Å². The lowest BCUT2D eigenvalue weighted by molar-refractivity contribution is 0.0212. The van der Waals surface area contributed by atoms with Gasteiger partial charge in [0.15, 0.2) is 5.82 Å². The summed E-state index contributed by atoms with van der Waals surface area (Å²) in [5, 5.41) is 1.62. The average Bonchev–Trinajstić information content (AvgIpc) is 3.37. The van der Waals surface area contributed by atoms with Crippen molar-refractivity contribution in [3.05, 3.63) is 53.2 Å². The number of fused-ring (bicyclic) bond motifs is 3. The Balaban J connectivity index is 1.37. The number of rotatable bonds is 5. The Morgan fingerprint density at radius 1 is 1.10 bits per heavy atom. The lowest BCUT2D eigenvalue weighted by Gasteiger charge is -2.41. The van der Waals surface area contributed by atoms with Gasteiger partial charge < -0.3 is 19.3 Å². The van der Waals surface area contributed by atoms with Crippen LogP contribution in [0.5, 0.6) is 6.01 Å². The maximum absolute atomic E-state index is 17.1. The number of carbonyl (C=O) groups excluding carboxylic acids is 1. The van der Waals surface area contributed by atoms with Crippen molar-refractivity contribution in [1.29, 1.82) is 0 Å². The van der Waals surface area contributed by atoms with E-state index in [4.69, 9.17) is 30.8 Å². The number of carbonyl (C=O) groups is 1. The van der Waals surface area contributed by atoms with Crippen LogP contribution >= 0.6 is 0 Å². The first-order valence-electron chi connectivity index (χ1n) is 17.1. The van der Waals surface area contributed by atoms with Gasteiger partial charge in [0.25, 0.3) is 0 Å². The molecule has 0 bridgehead atoms. The van der Waals surface area contributed by atoms with E-state index >= 15 is 4.39 Å². The van der Waals surface area contributed by atoms with Gasteiger partial charge in [0, 0.05) is 36.6 Å². The second-order valence-corrected chi connectivity index (χ2v) is 14.4. The highest BCUT2D eigenvalue weighted by atomic mass is 19.1. The second kappa shape index (κ2) is 12.4. The topological polar surface area (TPSA) is 83.9 Å². The summed E-state index contributed by atoms with van der Waals surface area (Å²) in [6, 6.07) is 8.23. The van der Waals surface area contributed by atoms with E-state index in [0.29, 0.717) is 72.3 Å². The molecule has 1 unspecified atom stereocenters. The molecule has 4 aromatic rings. The van der Waals surface area contributed by atoms with Crippen LogP contribution in [-0.2, 0) is 11.2 Å². The minimum Gasteiger partial charge on any atom is -0.461 e. The highest BCUT2D eigenvalue weighted by Gasteiger charge is 2.40. The predicted octanol–water partition coefficient (Wildman–Crippen LogP) is 6.73. The summed E-state index contributed by atoms with van der Waals surface area (Å²) < 4.78 is 44.2. The van der Waals surface area contributed by atoms with E-state index in [1.807, 2.05) is 26.8 Å². The molecule has 11 heteroatoms. The maximum atomic E-state index is 17.1. The third-order valence-electron chi connectivity index (χ3n) is 10.4. The van der Waals surface area contributed by atoms with E-state index in [1.165, 1.54) is 6.07 Å². The molecule has 5 heterocycles. The molecule has 0 N–H and O–H groups in total. The number of likely N-dealkylation sites (N-methyl/N-ethyl adjacent to an activating group) is 1. The van der Waals surface area contributed by atoms with Crippen molar-refractivity contribution in [2.75, 3.05) is 44.7 Å². The number of benzene rings is 2. The Morgan fingerprint density at radius 3 is 2.63 bits per heavy atom. The average molecular weight is 669 g/mol. The Morgan fingerprint density at radius 2 is 1.92 bits per heavy atom. The van der Waals surface area contributed by atoms with Gasteiger partial charge in [-0.3, -0.25) is 4.90 Å². The number of halogens is 2. The van der Waals surface area contributed by atoms with E-state index in [2.05, 4.69) is 29.7 Å². The quantitative estimate of drug-likeness (QED) is 0.217. The van der Waals surface area contributed by atoms with Crippen molar-refractivity contribution >= 4 is 33.6 Å². The number of hydrogen-bond acceptors (Lipinski definition) is 8. The first-order chi connectivity index (χ1) is 23.4. The first kappa shape index (κ1) is 33.0. The molecule has 49 heavy (non-hydrogen) atoms. The summed E-state index contributed by atoms with van der Waals surface area (Å²) in [7, 11) is 2.10. The zero-order valence-electron chi connectivity index (χ0n) is 28.8. The summed E-state index contributed by atoms with van der Waals surface area (Å²) in [5.41, 5.74) is 0.417. The van der Waals surface area contributed by atoms with Crippen molar-refractivity contribution in [2.24, 2.45) is 0 Å². The Kier molecular flexibility index (Phi) is 8.34. The second-order valence-electron chi connectivity index (χ2n) is 14.4. The summed E-state index contributed by atoms with van der Waals surface area (Å²) in [5.74, 6) is 1.79. The standard InChI is InChI=1S/C38H42F2N6O3/c1-7-25-27(39)15-13-23-11-9-12-26(29(23)25)32-31(40)33-30-28(41-32)16-14-24-21-45(36(47)49-37(3,4)5)19-20-46(24)34(30)43-35(42-33)48-22-38(8-2)17-10-18-44(38)6/h1,9,11-13,15,24H,8,10,14,16-22H2,2-6H3/t24?,38-/m1/s1. The first-order valence-corrected chi connectivity index (χ1v) is 17.1. The molecule has 0 saturated carbocycles. The molecule has 9 nitrogen and oxygen atoms in total. The van der Waals surface area contributed by atoms with Crippen LogP contribution in [0.15, 0.2) is 30.3 Å². The molecule has 3 aliphatic rings. The van der Waals surface area contributed by atoms with E-state index < -0.39 is 17.2 Å². The van der Waals surface area contributed by atoms with Crippen molar-refractivity contribution in [1.82, 2.24) is 24.8 Å². The number of terminal acetylenes is 1. The van der Waals surface area contributed by atoms with Gasteiger partial charge >= 0.3 is 12.1 Å². The third kappa shape index (κ3) is 5.80. The number of hydrogen-bond donors (Lipinski definition) is 0. The summed E-state index contributed by atoms with van der Waals surface area (Å²) in [6.07, 6.45) is 9.46. The SMILES string of the molecule is C#Cc1c(F)ccc2cccc(-c3nc4c5c(nc(OC[C@@]6(CC)CCCN6C)nc5c3F)N3CCN(C(=O)OC(C)(C)C)CC3CC4)c12. The van der Waals surface area contributed by atoms with Gasteiger partial charge in [-0.05, 0) is 77.9 Å². The van der Waals surface area contributed by atoms with Gasteiger partial charge in [-0.1, -0.05) is 37.1 Å². The number of likely N-dealkylation sites (tertiary alicyclic amines) is 1. The van der Waals surface area contributed by atoms with Crippen LogP contribution in [0, 0.1) is 24.0 Å². The van der Waals surface area contributed by atoms with E-state index in [9.17, 15) is 9.18 Å². The van der Waals surface area contributed by atoms with Gasteiger partial charge in [-0.15, -0.1) is 6.42 Å². The van der Waals surface area contributed by atoms with Gasteiger partial charge in [-0.2, -0.15) is 9.97 Å². The molecule has 3 aliphatic heterocycles. The summed E-state index contributed by atoms with van der Waals surface area (Å²) in [4.78, 5) is 33.9. The van der Waals surface area contributed by atoms with Crippen LogP contribution in [0.4, 0.5) is 19.4 Å². The maximum Gasteiger partial charge on any atom is 0.410 e. The third-order valence-corrected chi connectivity index (χ3v) is 10.4. The molecule has 256 valence electrons. The number of aryl methyl sites for hydroxylation is 1. The Bertz CT molecular complexity index is 2010. The number of pyridine rings is 1. The minimum atomic E-state index is -0.652. The van der Waals surface area contributed by atoms with E-state index in [-0.39, 0.29) is 40.5 Å². The summed E-state index contributed by atoms with van der Waals surface area (Å²) >= 11 is 0. The molecule has 7 rings (SSSR count). The van der Waals surface area contributed by atoms with Crippen molar-refractivity contribution in [3.63, 3.8) is 0 Å². The van der Waals surface area contributed by atoms with Gasteiger partial charge in [0.1, 0.15) is 35.1 Å². The molecule has 0 radical (unpaired) electrons. The van der Waals surface area contributed by atoms with Crippen LogP contribution in [0.1, 0.15) is 64.6 Å². The van der Waals surface area contributed by atoms with Crippen LogP contribution < -0.4 is 9.64 Å². The Labute approximate surface area is 285 Å². The zero-order chi connectivity index (χ0) is 34.7. The molecular formula is C38H42F2N6O3. The lowest BCUT2D eigenvalue weighted by Crippen LogP contribution is -2.55. The Hall–Kier alpha value is -4.56. The van der Waals surface area contributed by atoms with Crippen molar-refractivity contribution in [2.45, 2.75) is 77.0 Å². The van der Waals surface area contributed by atoms with E-state index in [0.717, 1.165) is 25.8 Å². The highest BCUT2D eigenvalue weighted by molar-refractivity contribution is 6.02. The number of amides is 1. The molecule has 1 amide bonds. The molecule has 2 fully saturated rings. The number of aromatic nitrogens is 3. The van der Waals surface area contributed by atoms with E-state index in [1.54, 1.807) is 23.1 Å². The lowest BCUT2D eigenvalue weighted by atomic mass is 9.94. The molecule has 2 atom stereocenters. The molecule has 2 saturated heterocycles. The van der Waals surface area contributed by atoms with Crippen LogP contribution in [0.2, 0.25) is 0 Å². The number of nitrogens with zero attached hydrogens (tertiary/aromatic N) is 6. The van der Waals surface area contributed by atoms with Crippen molar-refractivity contribution < 1.29 is 23.0 Å².